The molecule has 0 spiro atoms. The summed E-state index contributed by atoms with van der Waals surface area (Å²) in [5.74, 6) is 0. The molecular weight excluding hydrogens is 216 g/mol. The van der Waals surface area contributed by atoms with Gasteiger partial charge in [-0.25, -0.2) is 0 Å². The van der Waals surface area contributed by atoms with E-state index in [0.717, 1.165) is 0 Å². The minimum atomic E-state index is -1.50. The van der Waals surface area contributed by atoms with E-state index in [4.69, 9.17) is 15.3 Å². The molecule has 0 atom stereocenters. The van der Waals surface area contributed by atoms with Crippen molar-refractivity contribution in [3.8, 4) is 0 Å². The van der Waals surface area contributed by atoms with Crippen molar-refractivity contribution >= 4 is 0 Å². The number of hydrogen-bond donors (Lipinski definition) is 2. The minimum Gasteiger partial charge on any atom is -0.369 e. The van der Waals surface area contributed by atoms with Crippen LogP contribution in [0.1, 0.15) is 0 Å². The molecule has 0 bridgehead atoms. The van der Waals surface area contributed by atoms with E-state index in [1.165, 1.54) is 0 Å². The zero-order valence-electron chi connectivity index (χ0n) is 3.21. The normalized spacial score (nSPS) is 4.00. The van der Waals surface area contributed by atoms with Crippen LogP contribution in [0.5, 0.6) is 0 Å². The fourth-order valence-corrected chi connectivity index (χ4v) is 0. The fraction of sp³-hybridized carbons (Fsp3) is 0. The first-order chi connectivity index (χ1) is 1.73. The number of quaternary nitrogens is 1. The molecule has 0 aliphatic carbocycles. The summed E-state index contributed by atoms with van der Waals surface area (Å²) in [6.45, 7) is 0. The van der Waals surface area contributed by atoms with E-state index in [2.05, 4.69) is 0 Å². The average Bonchev–Trinajstić information content (AvgIpc) is 0.811. The van der Waals surface area contributed by atoms with E-state index in [9.17, 15) is 0 Å². The maximum atomic E-state index is 8.36. The summed E-state index contributed by atoms with van der Waals surface area (Å²) in [5, 5.41) is 13.6. The summed E-state index contributed by atoms with van der Waals surface area (Å²) >= 11 is 0. The van der Waals surface area contributed by atoms with Crippen LogP contribution < -0.4 is 6.15 Å². The van der Waals surface area contributed by atoms with E-state index >= 15 is 0 Å². The number of hydrogen-bond acceptors (Lipinski definition) is 2. The molecule has 0 unspecified atom stereocenters. The Balaban J connectivity index is -0.0000000450. The van der Waals surface area contributed by atoms with E-state index in [0.29, 0.717) is 0 Å². The van der Waals surface area contributed by atoms with E-state index < -0.39 is 5.09 Å². The molecule has 0 amide bonds. The molecule has 0 aromatic heterocycles. The van der Waals surface area contributed by atoms with Gasteiger partial charge in [0.1, 0.15) is 0 Å². The van der Waals surface area contributed by atoms with Gasteiger partial charge < -0.3 is 11.4 Å². The molecule has 0 aromatic rings. The number of nitrogens with zero attached hydrogens (tertiary/aromatic N) is 1. The predicted octanol–water partition coefficient (Wildman–Crippen LogP) is 0.0285. The summed E-state index contributed by atoms with van der Waals surface area (Å²) in [6, 6.07) is 0. The van der Waals surface area contributed by atoms with Crippen LogP contribution in [-0.2, 0) is 0 Å². The molecular formula is H5CeN2O3+. The molecule has 5 nitrogen and oxygen atoms in total. The van der Waals surface area contributed by atoms with Gasteiger partial charge in [0, 0.05) is 41.7 Å². The first-order valence-corrected chi connectivity index (χ1v) is 0.565. The molecule has 0 radical (unpaired) electrons. The Kier molecular flexibility index (Phi) is 24.3. The Labute approximate surface area is 67.8 Å². The van der Waals surface area contributed by atoms with Crippen LogP contribution in [0.2, 0.25) is 0 Å². The fourth-order valence-electron chi connectivity index (χ4n) is 0. The summed E-state index contributed by atoms with van der Waals surface area (Å²) in [6.07, 6.45) is 0. The van der Waals surface area contributed by atoms with Crippen molar-refractivity contribution in [1.82, 2.24) is 6.15 Å². The van der Waals surface area contributed by atoms with Crippen LogP contribution in [0.4, 0.5) is 0 Å². The minimum absolute atomic E-state index is 0. The molecule has 0 aromatic carbocycles. The molecule has 0 fully saturated rings. The maximum absolute atomic E-state index is 8.36. The summed E-state index contributed by atoms with van der Waals surface area (Å²) in [4.78, 5) is 8.36. The first kappa shape index (κ1) is 16.0. The monoisotopic (exact) mass is 221 g/mol. The van der Waals surface area contributed by atoms with Gasteiger partial charge in [-0.3, -0.25) is 0 Å². The maximum Gasteiger partial charge on any atom is 0.291 e. The standard InChI is InChI=1S/Ce.HNO3.H3N/c;2-1(3)4;/h;(H,2,3,4);1H3/p+1. The van der Waals surface area contributed by atoms with E-state index in [1.807, 2.05) is 0 Å². The topological polar surface area (TPSA) is 99.9 Å². The average molecular weight is 221 g/mol. The SMILES string of the molecule is O=[N+]([O-])O.[Ce].[NH4+]. The van der Waals surface area contributed by atoms with Crippen molar-refractivity contribution in [2.45, 2.75) is 0 Å². The third kappa shape index (κ3) is 197. The molecule has 6 heteroatoms. The van der Waals surface area contributed by atoms with Crippen molar-refractivity contribution in [1.29, 1.82) is 0 Å². The quantitative estimate of drug-likeness (QED) is 0.445. The molecule has 0 saturated heterocycles. The van der Waals surface area contributed by atoms with E-state index in [1.54, 1.807) is 0 Å². The Bertz CT molecular complexity index is 31.8. The van der Waals surface area contributed by atoms with Crippen molar-refractivity contribution in [2.75, 3.05) is 0 Å². The Morgan fingerprint density at radius 2 is 1.67 bits per heavy atom. The van der Waals surface area contributed by atoms with Crippen LogP contribution in [0, 0.1) is 51.9 Å². The molecule has 0 aliphatic heterocycles. The smallest absolute Gasteiger partial charge is 0.291 e. The van der Waals surface area contributed by atoms with Gasteiger partial charge in [-0.2, -0.15) is 0 Å². The largest absolute Gasteiger partial charge is 0.369 e. The molecule has 0 rings (SSSR count). The Morgan fingerprint density at radius 1 is 1.67 bits per heavy atom. The molecule has 0 heterocycles. The third-order valence-corrected chi connectivity index (χ3v) is 0. The molecule has 36 valence electrons. The van der Waals surface area contributed by atoms with Crippen molar-refractivity contribution < 1.29 is 52.0 Å². The second-order valence-corrected chi connectivity index (χ2v) is 0.238. The Morgan fingerprint density at radius 3 is 1.67 bits per heavy atom. The van der Waals surface area contributed by atoms with Gasteiger partial charge >= 0.3 is 0 Å². The summed E-state index contributed by atoms with van der Waals surface area (Å²) in [5.41, 5.74) is 0. The van der Waals surface area contributed by atoms with Gasteiger partial charge in [0.15, 0.2) is 0 Å². The Hall–Kier alpha value is 0.537. The van der Waals surface area contributed by atoms with Gasteiger partial charge in [0.25, 0.3) is 5.09 Å². The van der Waals surface area contributed by atoms with Crippen LogP contribution >= 0.6 is 0 Å². The van der Waals surface area contributed by atoms with Crippen LogP contribution in [0.25, 0.3) is 0 Å². The first-order valence-electron chi connectivity index (χ1n) is 0.565. The predicted molar refractivity (Wildman–Crippen MR) is 14.8 cm³/mol. The zero-order valence-corrected chi connectivity index (χ0v) is 6.35. The molecule has 0 saturated carbocycles. The van der Waals surface area contributed by atoms with E-state index in [-0.39, 0.29) is 47.9 Å². The van der Waals surface area contributed by atoms with Crippen molar-refractivity contribution in [2.24, 2.45) is 0 Å². The third-order valence-electron chi connectivity index (χ3n) is 0. The summed E-state index contributed by atoms with van der Waals surface area (Å²) < 4.78 is 0. The molecule has 5 N–H and O–H groups in total. The summed E-state index contributed by atoms with van der Waals surface area (Å²) in [7, 11) is 0. The van der Waals surface area contributed by atoms with Gasteiger partial charge in [0.05, 0.1) is 0 Å². The van der Waals surface area contributed by atoms with Gasteiger partial charge in [-0.1, -0.05) is 0 Å². The van der Waals surface area contributed by atoms with Crippen molar-refractivity contribution in [3.05, 3.63) is 10.1 Å². The van der Waals surface area contributed by atoms with Crippen LogP contribution in [0.15, 0.2) is 0 Å². The van der Waals surface area contributed by atoms with Gasteiger partial charge in [-0.05, 0) is 0 Å². The second kappa shape index (κ2) is 9.11. The second-order valence-electron chi connectivity index (χ2n) is 0.238. The van der Waals surface area contributed by atoms with Crippen LogP contribution in [0.3, 0.4) is 0 Å². The van der Waals surface area contributed by atoms with Crippen LogP contribution in [-0.4, -0.2) is 10.3 Å². The molecule has 6 heavy (non-hydrogen) atoms. The zero-order chi connectivity index (χ0) is 3.58. The van der Waals surface area contributed by atoms with Gasteiger partial charge in [-0.15, -0.1) is 10.1 Å². The number of rotatable bonds is 0. The van der Waals surface area contributed by atoms with Crippen molar-refractivity contribution in [3.63, 3.8) is 0 Å². The van der Waals surface area contributed by atoms with Gasteiger partial charge in [0.2, 0.25) is 0 Å². The molecule has 0 aliphatic rings.